The van der Waals surface area contributed by atoms with Gasteiger partial charge in [-0.15, -0.1) is 0 Å². The number of aliphatic carboxylic acids is 1. The van der Waals surface area contributed by atoms with Gasteiger partial charge in [-0.05, 0) is 19.1 Å². The Labute approximate surface area is 148 Å². The average molecular weight is 370 g/mol. The molecule has 0 saturated carbocycles. The van der Waals surface area contributed by atoms with E-state index in [0.717, 1.165) is 11.0 Å². The number of rotatable bonds is 4. The molecule has 2 atom stereocenters. The number of carboxylic acid groups (broad SMARTS) is 1. The minimum atomic E-state index is -4.74. The lowest BCUT2D eigenvalue weighted by Gasteiger charge is -2.25. The van der Waals surface area contributed by atoms with Gasteiger partial charge in [-0.3, -0.25) is 4.79 Å². The Bertz CT molecular complexity index is 783. The van der Waals surface area contributed by atoms with Crippen LogP contribution in [-0.2, 0) is 15.8 Å². The lowest BCUT2D eigenvalue weighted by molar-refractivity contribution is -0.149. The van der Waals surface area contributed by atoms with Crippen LogP contribution in [0.15, 0.2) is 18.2 Å². The Morgan fingerprint density at radius 2 is 2.08 bits per heavy atom. The fraction of sp³-hybridized carbons (Fsp3) is 0.471. The van der Waals surface area contributed by atoms with E-state index in [4.69, 9.17) is 16.4 Å². The lowest BCUT2D eigenvalue weighted by atomic mass is 9.89. The zero-order valence-corrected chi connectivity index (χ0v) is 14.3. The molecule has 2 rings (SSSR count). The van der Waals surface area contributed by atoms with Gasteiger partial charge in [0.25, 0.3) is 5.91 Å². The van der Waals surface area contributed by atoms with Crippen molar-refractivity contribution in [2.24, 2.45) is 5.41 Å². The molecular weight excluding hydrogens is 353 g/mol. The summed E-state index contributed by atoms with van der Waals surface area (Å²) >= 11 is 0. The number of amides is 1. The standard InChI is InChI=1S/C17H17F3N2O4/c1-9(15(24)25)22-8-16(2,3)13(14(22)23)26-10-5-6-12(21-4)11(7-10)17(18,19)20/h5-7,9,13H,8H2,1-3H3,(H,24,25). The molecule has 1 fully saturated rings. The second-order valence-corrected chi connectivity index (χ2v) is 6.76. The maximum absolute atomic E-state index is 13.1. The van der Waals surface area contributed by atoms with E-state index in [1.165, 1.54) is 13.0 Å². The van der Waals surface area contributed by atoms with Crippen molar-refractivity contribution in [3.05, 3.63) is 35.2 Å². The summed E-state index contributed by atoms with van der Waals surface area (Å²) in [4.78, 5) is 27.7. The van der Waals surface area contributed by atoms with Crippen LogP contribution in [0.4, 0.5) is 18.9 Å². The monoisotopic (exact) mass is 370 g/mol. The van der Waals surface area contributed by atoms with Crippen LogP contribution in [0.25, 0.3) is 4.85 Å². The van der Waals surface area contributed by atoms with Crippen LogP contribution in [0, 0.1) is 12.0 Å². The highest BCUT2D eigenvalue weighted by atomic mass is 19.4. The Balaban J connectivity index is 2.34. The summed E-state index contributed by atoms with van der Waals surface area (Å²) in [5.41, 5.74) is -2.52. The Hall–Kier alpha value is -2.76. The minimum Gasteiger partial charge on any atom is -0.480 e. The van der Waals surface area contributed by atoms with Gasteiger partial charge in [0.2, 0.25) is 0 Å². The number of halogens is 3. The molecule has 1 aliphatic heterocycles. The lowest BCUT2D eigenvalue weighted by Crippen LogP contribution is -2.42. The fourth-order valence-electron chi connectivity index (χ4n) is 2.80. The third-order valence-electron chi connectivity index (χ3n) is 4.27. The van der Waals surface area contributed by atoms with Crippen LogP contribution in [0.2, 0.25) is 0 Å². The highest BCUT2D eigenvalue weighted by Gasteiger charge is 2.50. The summed E-state index contributed by atoms with van der Waals surface area (Å²) in [6.45, 7) is 11.6. The minimum absolute atomic E-state index is 0.0935. The summed E-state index contributed by atoms with van der Waals surface area (Å²) in [5, 5.41) is 9.10. The zero-order chi connectivity index (χ0) is 19.9. The number of carbonyl (C=O) groups excluding carboxylic acids is 1. The van der Waals surface area contributed by atoms with Gasteiger partial charge in [0.05, 0.1) is 12.1 Å². The summed E-state index contributed by atoms with van der Waals surface area (Å²) in [6.07, 6.45) is -5.87. The van der Waals surface area contributed by atoms with Crippen molar-refractivity contribution in [3.63, 3.8) is 0 Å². The number of likely N-dealkylation sites (tertiary alicyclic amines) is 1. The molecule has 0 bridgehead atoms. The average Bonchev–Trinajstić information content (AvgIpc) is 2.76. The molecule has 0 aliphatic carbocycles. The van der Waals surface area contributed by atoms with Gasteiger partial charge < -0.3 is 14.7 Å². The summed E-state index contributed by atoms with van der Waals surface area (Å²) in [6, 6.07) is 1.77. The van der Waals surface area contributed by atoms with Gasteiger partial charge in [0, 0.05) is 12.0 Å². The SMILES string of the molecule is [C-]#[N+]c1ccc(OC2C(=O)N(C(C)C(=O)O)CC2(C)C)cc1C(F)(F)F. The van der Waals surface area contributed by atoms with Gasteiger partial charge in [0.1, 0.15) is 11.8 Å². The topological polar surface area (TPSA) is 71.2 Å². The molecule has 1 aliphatic rings. The second kappa shape index (κ2) is 6.52. The first-order valence-electron chi connectivity index (χ1n) is 7.67. The number of ether oxygens (including phenoxy) is 1. The Morgan fingerprint density at radius 1 is 1.46 bits per heavy atom. The Kier molecular flexibility index (Phi) is 4.90. The van der Waals surface area contributed by atoms with Gasteiger partial charge in [-0.2, -0.15) is 13.2 Å². The van der Waals surface area contributed by atoms with Gasteiger partial charge in [-0.25, -0.2) is 9.64 Å². The molecular formula is C17H17F3N2O4. The molecule has 0 aromatic heterocycles. The van der Waals surface area contributed by atoms with E-state index in [-0.39, 0.29) is 12.3 Å². The zero-order valence-electron chi connectivity index (χ0n) is 14.3. The number of benzene rings is 1. The molecule has 1 aromatic carbocycles. The number of carbonyl (C=O) groups is 2. The summed E-state index contributed by atoms with van der Waals surface area (Å²) < 4.78 is 44.7. The van der Waals surface area contributed by atoms with Crippen LogP contribution in [0.3, 0.4) is 0 Å². The highest BCUT2D eigenvalue weighted by molar-refractivity contribution is 5.89. The molecule has 1 amide bonds. The molecule has 140 valence electrons. The maximum atomic E-state index is 13.1. The van der Waals surface area contributed by atoms with E-state index in [9.17, 15) is 22.8 Å². The van der Waals surface area contributed by atoms with Crippen molar-refractivity contribution >= 4 is 17.6 Å². The molecule has 6 nitrogen and oxygen atoms in total. The number of hydrogen-bond donors (Lipinski definition) is 1. The molecule has 2 unspecified atom stereocenters. The molecule has 0 spiro atoms. The van der Waals surface area contributed by atoms with Crippen molar-refractivity contribution < 1.29 is 32.6 Å². The van der Waals surface area contributed by atoms with E-state index < -0.39 is 46.9 Å². The molecule has 0 radical (unpaired) electrons. The number of hydrogen-bond acceptors (Lipinski definition) is 3. The Morgan fingerprint density at radius 3 is 2.58 bits per heavy atom. The second-order valence-electron chi connectivity index (χ2n) is 6.76. The maximum Gasteiger partial charge on any atom is 0.407 e. The van der Waals surface area contributed by atoms with Crippen molar-refractivity contribution in [1.82, 2.24) is 4.90 Å². The van der Waals surface area contributed by atoms with E-state index in [1.807, 2.05) is 0 Å². The molecule has 1 heterocycles. The number of nitrogens with zero attached hydrogens (tertiary/aromatic N) is 2. The third kappa shape index (κ3) is 3.59. The van der Waals surface area contributed by atoms with Crippen LogP contribution in [0.1, 0.15) is 26.3 Å². The predicted molar refractivity (Wildman–Crippen MR) is 84.7 cm³/mol. The summed E-state index contributed by atoms with van der Waals surface area (Å²) in [5.74, 6) is -2.00. The van der Waals surface area contributed by atoms with Crippen LogP contribution < -0.4 is 4.74 Å². The number of alkyl halides is 3. The molecule has 9 heteroatoms. The summed E-state index contributed by atoms with van der Waals surface area (Å²) in [7, 11) is 0. The normalized spacial score (nSPS) is 20.6. The molecule has 1 aromatic rings. The number of carboxylic acids is 1. The first-order chi connectivity index (χ1) is 11.9. The van der Waals surface area contributed by atoms with Crippen molar-refractivity contribution in [2.45, 2.75) is 39.1 Å². The first-order valence-corrected chi connectivity index (χ1v) is 7.67. The van der Waals surface area contributed by atoms with Crippen LogP contribution in [0.5, 0.6) is 5.75 Å². The fourth-order valence-corrected chi connectivity index (χ4v) is 2.80. The predicted octanol–water partition coefficient (Wildman–Crippen LogP) is 3.35. The van der Waals surface area contributed by atoms with E-state index >= 15 is 0 Å². The molecule has 1 N–H and O–H groups in total. The quantitative estimate of drug-likeness (QED) is 0.826. The van der Waals surface area contributed by atoms with E-state index in [0.29, 0.717) is 6.07 Å². The van der Waals surface area contributed by atoms with Crippen LogP contribution in [-0.4, -0.2) is 40.6 Å². The van der Waals surface area contributed by atoms with Crippen LogP contribution >= 0.6 is 0 Å². The van der Waals surface area contributed by atoms with Crippen molar-refractivity contribution in [3.8, 4) is 5.75 Å². The molecule has 1 saturated heterocycles. The highest BCUT2D eigenvalue weighted by Crippen LogP contribution is 2.40. The van der Waals surface area contributed by atoms with Gasteiger partial charge in [-0.1, -0.05) is 19.9 Å². The smallest absolute Gasteiger partial charge is 0.407 e. The third-order valence-corrected chi connectivity index (χ3v) is 4.27. The molecule has 26 heavy (non-hydrogen) atoms. The van der Waals surface area contributed by atoms with Gasteiger partial charge in [0.15, 0.2) is 11.8 Å². The van der Waals surface area contributed by atoms with E-state index in [2.05, 4.69) is 4.85 Å². The van der Waals surface area contributed by atoms with Gasteiger partial charge >= 0.3 is 12.1 Å². The van der Waals surface area contributed by atoms with E-state index in [1.54, 1.807) is 13.8 Å². The van der Waals surface area contributed by atoms with Crippen molar-refractivity contribution in [1.29, 1.82) is 0 Å². The van der Waals surface area contributed by atoms with Crippen molar-refractivity contribution in [2.75, 3.05) is 6.54 Å². The largest absolute Gasteiger partial charge is 0.480 e. The first kappa shape index (κ1) is 19.6.